The lowest BCUT2D eigenvalue weighted by Gasteiger charge is -2.29. The van der Waals surface area contributed by atoms with Crippen LogP contribution >= 0.6 is 0 Å². The Kier molecular flexibility index (Phi) is 8.11. The summed E-state index contributed by atoms with van der Waals surface area (Å²) in [6.07, 6.45) is 1.85. The van der Waals surface area contributed by atoms with Crippen LogP contribution in [-0.4, -0.2) is 23.3 Å². The molecular weight excluding hydrogens is 893 g/mol. The number of para-hydroxylation sites is 8. The zero-order valence-electron chi connectivity index (χ0n) is 39.0. The normalized spacial score (nSPS) is 12.1. The van der Waals surface area contributed by atoms with Crippen molar-refractivity contribution in [2.75, 3.05) is 0 Å². The van der Waals surface area contributed by atoms with Gasteiger partial charge in [0.05, 0.1) is 72.3 Å². The van der Waals surface area contributed by atoms with Gasteiger partial charge in [-0.3, -0.25) is 4.98 Å². The number of nitriles is 1. The van der Waals surface area contributed by atoms with E-state index in [0.717, 1.165) is 132 Å². The van der Waals surface area contributed by atoms with Gasteiger partial charge in [-0.05, 0) is 72.3 Å². The predicted octanol–water partition coefficient (Wildman–Crippen LogP) is 16.9. The first-order valence-electron chi connectivity index (χ1n) is 24.6. The van der Waals surface area contributed by atoms with Gasteiger partial charge in [-0.15, -0.1) is 0 Å². The van der Waals surface area contributed by atoms with Crippen LogP contribution in [0.25, 0.3) is 143 Å². The minimum Gasteiger partial charge on any atom is -0.454 e. The molecule has 6 aromatic heterocycles. The van der Waals surface area contributed by atoms with Crippen molar-refractivity contribution in [3.63, 3.8) is 0 Å². The Hall–Kier alpha value is -10.2. The highest BCUT2D eigenvalue weighted by Crippen LogP contribution is 2.53. The van der Waals surface area contributed by atoms with E-state index in [2.05, 4.69) is 231 Å². The molecule has 338 valence electrons. The second kappa shape index (κ2) is 14.9. The first-order chi connectivity index (χ1) is 36.3. The van der Waals surface area contributed by atoms with Gasteiger partial charge in [0.15, 0.2) is 5.58 Å². The Morgan fingerprint density at radius 3 is 0.986 bits per heavy atom. The number of furan rings is 1. The van der Waals surface area contributed by atoms with Crippen molar-refractivity contribution in [1.29, 1.82) is 5.26 Å². The van der Waals surface area contributed by atoms with E-state index in [1.807, 2.05) is 24.4 Å². The van der Waals surface area contributed by atoms with Crippen molar-refractivity contribution in [3.05, 3.63) is 236 Å². The Morgan fingerprint density at radius 1 is 0.329 bits per heavy atom. The van der Waals surface area contributed by atoms with E-state index in [0.29, 0.717) is 16.7 Å². The summed E-state index contributed by atoms with van der Waals surface area (Å²) in [5.74, 6) is 0. The fraction of sp³-hybridized carbons (Fsp3) is 0. The molecule has 7 nitrogen and oxygen atoms in total. The van der Waals surface area contributed by atoms with Crippen LogP contribution in [0.4, 0.5) is 0 Å². The lowest BCUT2D eigenvalue weighted by molar-refractivity contribution is 0.668. The molecule has 10 aromatic carbocycles. The van der Waals surface area contributed by atoms with Gasteiger partial charge in [-0.2, -0.15) is 5.26 Å². The van der Waals surface area contributed by atoms with Gasteiger partial charge in [0.25, 0.3) is 0 Å². The zero-order valence-corrected chi connectivity index (χ0v) is 39.0. The Labute approximate surface area is 416 Å². The summed E-state index contributed by atoms with van der Waals surface area (Å²) in [7, 11) is 0. The first-order valence-corrected chi connectivity index (χ1v) is 24.6. The number of hydrogen-bond donors (Lipinski definition) is 0. The van der Waals surface area contributed by atoms with Gasteiger partial charge in [0.1, 0.15) is 22.7 Å². The standard InChI is InChI=1S/C66H38N6O/c67-39-49-63(69-50-28-9-1-19-40(50)41-20-2-10-29-51(41)69)65(71-54-32-13-5-23-44(54)45-24-6-14-33-55(45)71)61(48-27-17-36-58-60(48)62-59(73-58)37-18-38-68-62)66(72-56-34-15-7-25-46(56)47-26-8-16-35-57(47)72)64(49)70-52-30-11-3-21-42(52)43-22-4-12-31-53(43)70/h1-38H. The number of rotatable bonds is 5. The Morgan fingerprint density at radius 2 is 0.644 bits per heavy atom. The van der Waals surface area contributed by atoms with Crippen LogP contribution in [0.3, 0.4) is 0 Å². The molecule has 73 heavy (non-hydrogen) atoms. The van der Waals surface area contributed by atoms with Gasteiger partial charge in [0.2, 0.25) is 0 Å². The molecule has 0 spiro atoms. The minimum absolute atomic E-state index is 0.512. The van der Waals surface area contributed by atoms with Crippen molar-refractivity contribution in [1.82, 2.24) is 23.3 Å². The van der Waals surface area contributed by atoms with Crippen LogP contribution < -0.4 is 0 Å². The second-order valence-electron chi connectivity index (χ2n) is 18.9. The summed E-state index contributed by atoms with van der Waals surface area (Å²) in [6, 6.07) is 82.5. The van der Waals surface area contributed by atoms with Crippen LogP contribution in [0.1, 0.15) is 5.56 Å². The predicted molar refractivity (Wildman–Crippen MR) is 299 cm³/mol. The summed E-state index contributed by atoms with van der Waals surface area (Å²) in [5.41, 5.74) is 15.7. The molecule has 16 rings (SSSR count). The van der Waals surface area contributed by atoms with Gasteiger partial charge >= 0.3 is 0 Å². The number of nitrogens with zero attached hydrogens (tertiary/aromatic N) is 6. The van der Waals surface area contributed by atoms with E-state index >= 15 is 0 Å². The Bertz CT molecular complexity index is 4600. The van der Waals surface area contributed by atoms with Crippen LogP contribution in [-0.2, 0) is 0 Å². The van der Waals surface area contributed by atoms with Crippen LogP contribution in [0.15, 0.2) is 235 Å². The lowest BCUT2D eigenvalue weighted by atomic mass is 9.91. The molecular formula is C66H38N6O. The van der Waals surface area contributed by atoms with Crippen molar-refractivity contribution < 1.29 is 4.42 Å². The van der Waals surface area contributed by atoms with Crippen molar-refractivity contribution >= 4 is 109 Å². The molecule has 0 saturated carbocycles. The lowest BCUT2D eigenvalue weighted by Crippen LogP contribution is -2.16. The average Bonchev–Trinajstić information content (AvgIpc) is 4.25. The molecule has 0 bridgehead atoms. The highest BCUT2D eigenvalue weighted by atomic mass is 16.3. The zero-order chi connectivity index (χ0) is 47.9. The first kappa shape index (κ1) is 39.7. The summed E-state index contributed by atoms with van der Waals surface area (Å²) in [5, 5.41) is 22.5. The smallest absolute Gasteiger partial charge is 0.153 e. The molecule has 0 radical (unpaired) electrons. The molecule has 0 aliphatic heterocycles. The molecule has 7 heteroatoms. The van der Waals surface area contributed by atoms with Gasteiger partial charge in [0, 0.05) is 54.9 Å². The quantitative estimate of drug-likeness (QED) is 0.173. The molecule has 16 aromatic rings. The maximum Gasteiger partial charge on any atom is 0.153 e. The van der Waals surface area contributed by atoms with Gasteiger partial charge in [-0.1, -0.05) is 158 Å². The fourth-order valence-corrected chi connectivity index (χ4v) is 12.4. The van der Waals surface area contributed by atoms with E-state index in [1.54, 1.807) is 0 Å². The fourth-order valence-electron chi connectivity index (χ4n) is 12.4. The molecule has 0 unspecified atom stereocenters. The molecule has 0 aliphatic carbocycles. The van der Waals surface area contributed by atoms with E-state index in [-0.39, 0.29) is 0 Å². The van der Waals surface area contributed by atoms with Crippen molar-refractivity contribution in [2.45, 2.75) is 0 Å². The van der Waals surface area contributed by atoms with Crippen LogP contribution in [0.5, 0.6) is 0 Å². The third-order valence-electron chi connectivity index (χ3n) is 15.2. The highest BCUT2D eigenvalue weighted by Gasteiger charge is 2.36. The number of aromatic nitrogens is 5. The second-order valence-corrected chi connectivity index (χ2v) is 18.9. The average molecular weight is 931 g/mol. The van der Waals surface area contributed by atoms with E-state index in [4.69, 9.17) is 9.40 Å². The third-order valence-corrected chi connectivity index (χ3v) is 15.2. The number of benzene rings is 10. The van der Waals surface area contributed by atoms with E-state index < -0.39 is 0 Å². The number of pyridine rings is 1. The molecule has 0 amide bonds. The molecule has 0 saturated heterocycles. The van der Waals surface area contributed by atoms with Gasteiger partial charge in [-0.25, -0.2) is 0 Å². The van der Waals surface area contributed by atoms with Crippen LogP contribution in [0, 0.1) is 11.3 Å². The summed E-state index contributed by atoms with van der Waals surface area (Å²) in [4.78, 5) is 5.11. The number of hydrogen-bond acceptors (Lipinski definition) is 3. The largest absolute Gasteiger partial charge is 0.454 e. The summed E-state index contributed by atoms with van der Waals surface area (Å²) in [6.45, 7) is 0. The van der Waals surface area contributed by atoms with E-state index in [1.165, 1.54) is 0 Å². The molecule has 0 N–H and O–H groups in total. The highest BCUT2D eigenvalue weighted by molar-refractivity contribution is 6.20. The maximum absolute atomic E-state index is 12.8. The summed E-state index contributed by atoms with van der Waals surface area (Å²) >= 11 is 0. The minimum atomic E-state index is 0.512. The SMILES string of the molecule is N#Cc1c(-n2c3ccccc3c3ccccc32)c(-n2c3ccccc3c3ccccc32)c(-c2cccc3oc4cccnc4c23)c(-n2c3ccccc3c3ccccc32)c1-n1c2ccccc2c2ccccc21. The molecule has 0 atom stereocenters. The number of fused-ring (bicyclic) bond motifs is 15. The van der Waals surface area contributed by atoms with Crippen LogP contribution in [0.2, 0.25) is 0 Å². The monoisotopic (exact) mass is 930 g/mol. The molecule has 6 heterocycles. The molecule has 0 fully saturated rings. The topological polar surface area (TPSA) is 69.5 Å². The molecule has 0 aliphatic rings. The third kappa shape index (κ3) is 5.28. The van der Waals surface area contributed by atoms with Crippen molar-refractivity contribution in [3.8, 4) is 39.9 Å². The van der Waals surface area contributed by atoms with Crippen molar-refractivity contribution in [2.24, 2.45) is 0 Å². The summed E-state index contributed by atoms with van der Waals surface area (Å²) < 4.78 is 16.4. The van der Waals surface area contributed by atoms with Gasteiger partial charge < -0.3 is 22.7 Å². The Balaban J connectivity index is 1.30. The van der Waals surface area contributed by atoms with E-state index in [9.17, 15) is 5.26 Å². The maximum atomic E-state index is 12.8.